The van der Waals surface area contributed by atoms with E-state index < -0.39 is 0 Å². The molecule has 84 valence electrons. The minimum absolute atomic E-state index is 0.515. The van der Waals surface area contributed by atoms with Crippen LogP contribution in [0, 0.1) is 0 Å². The third-order valence-electron chi connectivity index (χ3n) is 2.32. The van der Waals surface area contributed by atoms with E-state index in [1.54, 1.807) is 13.3 Å². The van der Waals surface area contributed by atoms with E-state index in [1.807, 2.05) is 12.3 Å². The number of hydrogen-bond donors (Lipinski definition) is 0. The van der Waals surface area contributed by atoms with Gasteiger partial charge in [0, 0.05) is 32.3 Å². The standard InChI is InChI=1S/C11H17ClN2O/c1-3-14(6-7-15-2)11-9-13-5-4-10(11)8-12/h4-5,9H,3,6-8H2,1-2H3. The normalized spacial score (nSPS) is 10.3. The molecule has 0 aromatic carbocycles. The van der Waals surface area contributed by atoms with E-state index in [4.69, 9.17) is 16.3 Å². The topological polar surface area (TPSA) is 25.4 Å². The molecule has 0 amide bonds. The number of pyridine rings is 1. The predicted molar refractivity (Wildman–Crippen MR) is 63.6 cm³/mol. The van der Waals surface area contributed by atoms with Crippen molar-refractivity contribution in [3.63, 3.8) is 0 Å². The Morgan fingerprint density at radius 3 is 2.93 bits per heavy atom. The summed E-state index contributed by atoms with van der Waals surface area (Å²) in [4.78, 5) is 6.35. The van der Waals surface area contributed by atoms with Gasteiger partial charge in [0.25, 0.3) is 0 Å². The minimum atomic E-state index is 0.515. The Labute approximate surface area is 96.0 Å². The second-order valence-electron chi connectivity index (χ2n) is 3.21. The number of rotatable bonds is 6. The van der Waals surface area contributed by atoms with Gasteiger partial charge in [0.2, 0.25) is 0 Å². The first-order valence-electron chi connectivity index (χ1n) is 5.06. The first kappa shape index (κ1) is 12.3. The Morgan fingerprint density at radius 1 is 1.53 bits per heavy atom. The number of halogens is 1. The number of likely N-dealkylation sites (N-methyl/N-ethyl adjacent to an activating group) is 1. The number of alkyl halides is 1. The molecule has 0 N–H and O–H groups in total. The Hall–Kier alpha value is -0.800. The molecular weight excluding hydrogens is 212 g/mol. The Morgan fingerprint density at radius 2 is 2.33 bits per heavy atom. The molecule has 0 aliphatic rings. The SMILES string of the molecule is CCN(CCOC)c1cnccc1CCl. The van der Waals surface area contributed by atoms with Crippen LogP contribution in [0.4, 0.5) is 5.69 Å². The summed E-state index contributed by atoms with van der Waals surface area (Å²) in [6.07, 6.45) is 3.63. The maximum atomic E-state index is 5.88. The number of hydrogen-bond acceptors (Lipinski definition) is 3. The number of aromatic nitrogens is 1. The van der Waals surface area contributed by atoms with Gasteiger partial charge >= 0.3 is 0 Å². The molecule has 0 bridgehead atoms. The van der Waals surface area contributed by atoms with Crippen LogP contribution in [0.15, 0.2) is 18.5 Å². The Balaban J connectivity index is 2.80. The van der Waals surface area contributed by atoms with Crippen molar-refractivity contribution in [2.24, 2.45) is 0 Å². The highest BCUT2D eigenvalue weighted by Crippen LogP contribution is 2.20. The summed E-state index contributed by atoms with van der Waals surface area (Å²) in [5.74, 6) is 0.515. The van der Waals surface area contributed by atoms with Crippen molar-refractivity contribution in [1.82, 2.24) is 4.98 Å². The molecule has 1 aromatic heterocycles. The molecule has 0 saturated heterocycles. The van der Waals surface area contributed by atoms with Crippen molar-refractivity contribution in [2.75, 3.05) is 31.7 Å². The van der Waals surface area contributed by atoms with Crippen molar-refractivity contribution in [3.8, 4) is 0 Å². The fourth-order valence-electron chi connectivity index (χ4n) is 1.46. The average molecular weight is 229 g/mol. The van der Waals surface area contributed by atoms with Crippen molar-refractivity contribution in [1.29, 1.82) is 0 Å². The summed E-state index contributed by atoms with van der Waals surface area (Å²) in [6, 6.07) is 1.96. The average Bonchev–Trinajstić information content (AvgIpc) is 2.30. The lowest BCUT2D eigenvalue weighted by Gasteiger charge is -2.24. The summed E-state index contributed by atoms with van der Waals surface area (Å²) in [5.41, 5.74) is 2.22. The predicted octanol–water partition coefficient (Wildman–Crippen LogP) is 2.29. The fourth-order valence-corrected chi connectivity index (χ4v) is 1.69. The molecule has 0 saturated carbocycles. The van der Waals surface area contributed by atoms with E-state index >= 15 is 0 Å². The van der Waals surface area contributed by atoms with E-state index in [9.17, 15) is 0 Å². The number of nitrogens with zero attached hydrogens (tertiary/aromatic N) is 2. The lowest BCUT2D eigenvalue weighted by molar-refractivity contribution is 0.205. The highest BCUT2D eigenvalue weighted by molar-refractivity contribution is 6.17. The number of ether oxygens (including phenoxy) is 1. The van der Waals surface area contributed by atoms with Crippen LogP contribution < -0.4 is 4.90 Å². The summed E-state index contributed by atoms with van der Waals surface area (Å²) in [5, 5.41) is 0. The van der Waals surface area contributed by atoms with Gasteiger partial charge in [-0.3, -0.25) is 4.98 Å². The van der Waals surface area contributed by atoms with Crippen LogP contribution in [-0.4, -0.2) is 31.8 Å². The first-order valence-corrected chi connectivity index (χ1v) is 5.59. The molecule has 0 radical (unpaired) electrons. The maximum Gasteiger partial charge on any atom is 0.0637 e. The molecule has 3 nitrogen and oxygen atoms in total. The van der Waals surface area contributed by atoms with Crippen LogP contribution in [-0.2, 0) is 10.6 Å². The molecular formula is C11H17ClN2O. The zero-order valence-corrected chi connectivity index (χ0v) is 10.00. The maximum absolute atomic E-state index is 5.88. The summed E-state index contributed by atoms with van der Waals surface area (Å²) in [7, 11) is 1.71. The monoisotopic (exact) mass is 228 g/mol. The molecule has 0 fully saturated rings. The van der Waals surface area contributed by atoms with Gasteiger partial charge in [-0.2, -0.15) is 0 Å². The van der Waals surface area contributed by atoms with Crippen molar-refractivity contribution >= 4 is 17.3 Å². The zero-order valence-electron chi connectivity index (χ0n) is 9.24. The molecule has 0 aliphatic carbocycles. The summed E-state index contributed by atoms with van der Waals surface area (Å²) >= 11 is 5.88. The summed E-state index contributed by atoms with van der Waals surface area (Å²) < 4.78 is 5.07. The van der Waals surface area contributed by atoms with Crippen molar-refractivity contribution in [3.05, 3.63) is 24.0 Å². The number of methoxy groups -OCH3 is 1. The van der Waals surface area contributed by atoms with Crippen LogP contribution >= 0.6 is 11.6 Å². The van der Waals surface area contributed by atoms with Gasteiger partial charge in [0.15, 0.2) is 0 Å². The van der Waals surface area contributed by atoms with Gasteiger partial charge in [0.1, 0.15) is 0 Å². The molecule has 0 unspecified atom stereocenters. The molecule has 1 heterocycles. The Bertz CT molecular complexity index is 294. The quantitative estimate of drug-likeness (QED) is 0.699. The van der Waals surface area contributed by atoms with E-state index in [-0.39, 0.29) is 0 Å². The van der Waals surface area contributed by atoms with Crippen molar-refractivity contribution in [2.45, 2.75) is 12.8 Å². The fraction of sp³-hybridized carbons (Fsp3) is 0.545. The molecule has 15 heavy (non-hydrogen) atoms. The Kier molecular flexibility index (Phi) is 5.43. The second-order valence-corrected chi connectivity index (χ2v) is 3.48. The highest BCUT2D eigenvalue weighted by Gasteiger charge is 2.08. The van der Waals surface area contributed by atoms with Gasteiger partial charge in [-0.1, -0.05) is 0 Å². The molecule has 4 heteroatoms. The van der Waals surface area contributed by atoms with Crippen LogP contribution in [0.25, 0.3) is 0 Å². The third kappa shape index (κ3) is 3.36. The molecule has 0 spiro atoms. The van der Waals surface area contributed by atoms with Crippen LogP contribution in [0.1, 0.15) is 12.5 Å². The molecule has 0 atom stereocenters. The summed E-state index contributed by atoms with van der Waals surface area (Å²) in [6.45, 7) is 4.62. The first-order chi connectivity index (χ1) is 7.33. The molecule has 1 aromatic rings. The third-order valence-corrected chi connectivity index (χ3v) is 2.61. The van der Waals surface area contributed by atoms with E-state index in [0.29, 0.717) is 12.5 Å². The minimum Gasteiger partial charge on any atom is -0.383 e. The smallest absolute Gasteiger partial charge is 0.0637 e. The lowest BCUT2D eigenvalue weighted by Crippen LogP contribution is -2.27. The van der Waals surface area contributed by atoms with Crippen LogP contribution in [0.3, 0.4) is 0 Å². The van der Waals surface area contributed by atoms with E-state index in [2.05, 4.69) is 16.8 Å². The zero-order chi connectivity index (χ0) is 11.1. The van der Waals surface area contributed by atoms with Crippen molar-refractivity contribution < 1.29 is 4.74 Å². The molecule has 1 rings (SSSR count). The van der Waals surface area contributed by atoms with Crippen LogP contribution in [0.5, 0.6) is 0 Å². The van der Waals surface area contributed by atoms with Gasteiger partial charge in [-0.15, -0.1) is 11.6 Å². The van der Waals surface area contributed by atoms with Gasteiger partial charge < -0.3 is 9.64 Å². The lowest BCUT2D eigenvalue weighted by atomic mass is 10.2. The number of anilines is 1. The molecule has 0 aliphatic heterocycles. The van der Waals surface area contributed by atoms with Gasteiger partial charge in [-0.05, 0) is 18.6 Å². The largest absolute Gasteiger partial charge is 0.383 e. The van der Waals surface area contributed by atoms with E-state index in [0.717, 1.165) is 24.3 Å². The highest BCUT2D eigenvalue weighted by atomic mass is 35.5. The van der Waals surface area contributed by atoms with Gasteiger partial charge in [0.05, 0.1) is 18.5 Å². The second kappa shape index (κ2) is 6.64. The van der Waals surface area contributed by atoms with Crippen LogP contribution in [0.2, 0.25) is 0 Å². The van der Waals surface area contributed by atoms with E-state index in [1.165, 1.54) is 0 Å². The van der Waals surface area contributed by atoms with Gasteiger partial charge in [-0.25, -0.2) is 0 Å².